The van der Waals surface area contributed by atoms with Crippen LogP contribution in [0.1, 0.15) is 27.2 Å². The lowest BCUT2D eigenvalue weighted by molar-refractivity contribution is -0.134. The fourth-order valence-corrected chi connectivity index (χ4v) is 0.393. The molecule has 0 radical (unpaired) electrons. The Bertz CT molecular complexity index is 177. The van der Waals surface area contributed by atoms with Gasteiger partial charge in [0.25, 0.3) is 5.97 Å². The lowest BCUT2D eigenvalue weighted by atomic mass is 10.2. The highest BCUT2D eigenvalue weighted by atomic mass is 16.4. The van der Waals surface area contributed by atoms with E-state index < -0.39 is 11.9 Å². The Balaban J connectivity index is 0. The SMILES string of the molecule is CC(=O)O.CCC=C(C)C(=O)O. The topological polar surface area (TPSA) is 74.6 Å². The van der Waals surface area contributed by atoms with E-state index in [0.29, 0.717) is 5.57 Å². The van der Waals surface area contributed by atoms with E-state index in [0.717, 1.165) is 13.3 Å². The maximum absolute atomic E-state index is 10.0. The summed E-state index contributed by atoms with van der Waals surface area (Å²) in [5.74, 6) is -1.66. The average molecular weight is 174 g/mol. The second-order valence-electron chi connectivity index (χ2n) is 2.12. The molecule has 0 bridgehead atoms. The zero-order chi connectivity index (χ0) is 10.1. The van der Waals surface area contributed by atoms with E-state index >= 15 is 0 Å². The summed E-state index contributed by atoms with van der Waals surface area (Å²) < 4.78 is 0. The van der Waals surface area contributed by atoms with Gasteiger partial charge >= 0.3 is 5.97 Å². The first-order valence-electron chi connectivity index (χ1n) is 3.51. The Morgan fingerprint density at radius 3 is 1.67 bits per heavy atom. The molecule has 0 aromatic rings. The third-order valence-electron chi connectivity index (χ3n) is 0.848. The molecule has 0 heterocycles. The summed E-state index contributed by atoms with van der Waals surface area (Å²) in [4.78, 5) is 19.0. The molecule has 0 aliphatic carbocycles. The summed E-state index contributed by atoms with van der Waals surface area (Å²) in [6.07, 6.45) is 2.47. The monoisotopic (exact) mass is 174 g/mol. The van der Waals surface area contributed by atoms with Gasteiger partial charge in [-0.15, -0.1) is 0 Å². The van der Waals surface area contributed by atoms with E-state index in [9.17, 15) is 4.79 Å². The summed E-state index contributed by atoms with van der Waals surface area (Å²) in [5.41, 5.74) is 0.424. The van der Waals surface area contributed by atoms with Gasteiger partial charge in [-0.05, 0) is 13.3 Å². The minimum atomic E-state index is -0.833. The van der Waals surface area contributed by atoms with E-state index in [1.807, 2.05) is 6.92 Å². The van der Waals surface area contributed by atoms with Gasteiger partial charge in [-0.1, -0.05) is 13.0 Å². The zero-order valence-corrected chi connectivity index (χ0v) is 7.50. The van der Waals surface area contributed by atoms with Crippen LogP contribution < -0.4 is 0 Å². The summed E-state index contributed by atoms with van der Waals surface area (Å²) in [5, 5.41) is 15.7. The molecule has 0 aliphatic heterocycles. The second-order valence-corrected chi connectivity index (χ2v) is 2.12. The summed E-state index contributed by atoms with van der Waals surface area (Å²) >= 11 is 0. The van der Waals surface area contributed by atoms with Gasteiger partial charge in [-0.25, -0.2) is 4.79 Å². The lowest BCUT2D eigenvalue weighted by Gasteiger charge is -1.87. The number of carbonyl (C=O) groups is 2. The number of hydrogen-bond acceptors (Lipinski definition) is 2. The lowest BCUT2D eigenvalue weighted by Crippen LogP contribution is -1.94. The van der Waals surface area contributed by atoms with E-state index in [2.05, 4.69) is 0 Å². The van der Waals surface area contributed by atoms with Crippen LogP contribution in [0.15, 0.2) is 11.6 Å². The fourth-order valence-electron chi connectivity index (χ4n) is 0.393. The maximum Gasteiger partial charge on any atom is 0.330 e. The molecular formula is C8H14O4. The van der Waals surface area contributed by atoms with Crippen molar-refractivity contribution in [2.45, 2.75) is 27.2 Å². The maximum atomic E-state index is 10.0. The van der Waals surface area contributed by atoms with Crippen molar-refractivity contribution in [2.75, 3.05) is 0 Å². The van der Waals surface area contributed by atoms with Gasteiger partial charge < -0.3 is 10.2 Å². The van der Waals surface area contributed by atoms with Crippen LogP contribution in [0.3, 0.4) is 0 Å². The molecule has 70 valence electrons. The van der Waals surface area contributed by atoms with E-state index in [-0.39, 0.29) is 0 Å². The van der Waals surface area contributed by atoms with Gasteiger partial charge in [-0.3, -0.25) is 4.79 Å². The molecule has 0 aromatic heterocycles. The molecule has 0 aliphatic rings. The van der Waals surface area contributed by atoms with Crippen LogP contribution in [0.2, 0.25) is 0 Å². The Kier molecular flexibility index (Phi) is 8.62. The quantitative estimate of drug-likeness (QED) is 0.622. The van der Waals surface area contributed by atoms with Gasteiger partial charge in [-0.2, -0.15) is 0 Å². The molecule has 0 atom stereocenters. The molecular weight excluding hydrogens is 160 g/mol. The number of aliphatic carboxylic acids is 2. The van der Waals surface area contributed by atoms with Crippen LogP contribution in [-0.2, 0) is 9.59 Å². The first-order valence-corrected chi connectivity index (χ1v) is 3.51. The highest BCUT2D eigenvalue weighted by molar-refractivity contribution is 5.85. The van der Waals surface area contributed by atoms with Crippen LogP contribution >= 0.6 is 0 Å². The van der Waals surface area contributed by atoms with Crippen molar-refractivity contribution in [2.24, 2.45) is 0 Å². The third-order valence-corrected chi connectivity index (χ3v) is 0.848. The van der Waals surface area contributed by atoms with Crippen LogP contribution in [-0.4, -0.2) is 22.2 Å². The van der Waals surface area contributed by atoms with Crippen LogP contribution in [0.25, 0.3) is 0 Å². The van der Waals surface area contributed by atoms with Gasteiger partial charge in [0.05, 0.1) is 0 Å². The Hall–Kier alpha value is -1.32. The largest absolute Gasteiger partial charge is 0.481 e. The van der Waals surface area contributed by atoms with E-state index in [1.54, 1.807) is 13.0 Å². The zero-order valence-electron chi connectivity index (χ0n) is 7.50. The average Bonchev–Trinajstić information content (AvgIpc) is 1.86. The Morgan fingerprint density at radius 2 is 1.58 bits per heavy atom. The molecule has 0 amide bonds. The highest BCUT2D eigenvalue weighted by Crippen LogP contribution is 1.92. The van der Waals surface area contributed by atoms with Crippen molar-refractivity contribution >= 4 is 11.9 Å². The number of carboxylic acids is 2. The predicted octanol–water partition coefficient (Wildman–Crippen LogP) is 1.52. The second kappa shape index (κ2) is 7.78. The molecule has 4 nitrogen and oxygen atoms in total. The standard InChI is InChI=1S/C6H10O2.C2H4O2/c1-3-4-5(2)6(7)8;1-2(3)4/h4H,3H2,1-2H3,(H,7,8);1H3,(H,3,4). The van der Waals surface area contributed by atoms with Crippen LogP contribution in [0.4, 0.5) is 0 Å². The Morgan fingerprint density at radius 1 is 1.25 bits per heavy atom. The third kappa shape index (κ3) is 15.9. The van der Waals surface area contributed by atoms with Crippen molar-refractivity contribution < 1.29 is 19.8 Å². The van der Waals surface area contributed by atoms with Gasteiger partial charge in [0.2, 0.25) is 0 Å². The van der Waals surface area contributed by atoms with Crippen LogP contribution in [0, 0.1) is 0 Å². The fraction of sp³-hybridized carbons (Fsp3) is 0.500. The number of allylic oxidation sites excluding steroid dienone is 1. The molecule has 0 aromatic carbocycles. The van der Waals surface area contributed by atoms with Crippen molar-refractivity contribution in [3.63, 3.8) is 0 Å². The molecule has 0 saturated heterocycles. The normalized spacial score (nSPS) is 9.75. The molecule has 0 rings (SSSR count). The first kappa shape index (κ1) is 13.3. The van der Waals surface area contributed by atoms with Crippen LogP contribution in [0.5, 0.6) is 0 Å². The van der Waals surface area contributed by atoms with Gasteiger partial charge in [0.1, 0.15) is 0 Å². The van der Waals surface area contributed by atoms with Crippen molar-refractivity contribution in [3.8, 4) is 0 Å². The molecule has 0 spiro atoms. The van der Waals surface area contributed by atoms with Gasteiger partial charge in [0, 0.05) is 12.5 Å². The number of hydrogen-bond donors (Lipinski definition) is 2. The number of rotatable bonds is 2. The molecule has 2 N–H and O–H groups in total. The Labute approximate surface area is 71.5 Å². The van der Waals surface area contributed by atoms with Gasteiger partial charge in [0.15, 0.2) is 0 Å². The minimum Gasteiger partial charge on any atom is -0.481 e. The van der Waals surface area contributed by atoms with Crippen molar-refractivity contribution in [1.82, 2.24) is 0 Å². The van der Waals surface area contributed by atoms with E-state index in [1.165, 1.54) is 0 Å². The van der Waals surface area contributed by atoms with Crippen molar-refractivity contribution in [3.05, 3.63) is 11.6 Å². The smallest absolute Gasteiger partial charge is 0.330 e. The molecule has 0 unspecified atom stereocenters. The predicted molar refractivity (Wildman–Crippen MR) is 45.0 cm³/mol. The van der Waals surface area contributed by atoms with E-state index in [4.69, 9.17) is 15.0 Å². The summed E-state index contributed by atoms with van der Waals surface area (Å²) in [6.45, 7) is 4.58. The minimum absolute atomic E-state index is 0.424. The van der Waals surface area contributed by atoms with Crippen molar-refractivity contribution in [1.29, 1.82) is 0 Å². The highest BCUT2D eigenvalue weighted by Gasteiger charge is 1.94. The molecule has 0 fully saturated rings. The molecule has 12 heavy (non-hydrogen) atoms. The molecule has 4 heteroatoms. The number of carboxylic acid groups (broad SMARTS) is 2. The molecule has 0 saturated carbocycles. The first-order chi connectivity index (χ1) is 5.41. The summed E-state index contributed by atoms with van der Waals surface area (Å²) in [7, 11) is 0. The summed E-state index contributed by atoms with van der Waals surface area (Å²) in [6, 6.07) is 0.